The number of Topliss-reactive ketones (excluding diaryl/α,β-unsaturated/α-hetero) is 2. The molecule has 0 bridgehead atoms. The molecule has 1 aromatic heterocycles. The molecular weight excluding hydrogens is 375 g/mol. The Morgan fingerprint density at radius 3 is 2.29 bits per heavy atom. The highest BCUT2D eigenvalue weighted by Crippen LogP contribution is 2.35. The van der Waals surface area contributed by atoms with Crippen molar-refractivity contribution in [1.82, 2.24) is 9.97 Å². The van der Waals surface area contributed by atoms with Gasteiger partial charge in [0.1, 0.15) is 33.1 Å². The number of imidazole rings is 1. The van der Waals surface area contributed by atoms with Gasteiger partial charge in [0.05, 0.1) is 5.56 Å². The zero-order valence-electron chi connectivity index (χ0n) is 11.3. The van der Waals surface area contributed by atoms with Crippen LogP contribution < -0.4 is 0 Å². The van der Waals surface area contributed by atoms with Crippen LogP contribution in [0.2, 0.25) is 0 Å². The summed E-state index contributed by atoms with van der Waals surface area (Å²) in [6.07, 6.45) is -4.91. The number of carbonyl (C=O) groups is 2. The summed E-state index contributed by atoms with van der Waals surface area (Å²) in [5.74, 6) is -3.32. The number of hydrogen-bond donors (Lipinski definition) is 1. The van der Waals surface area contributed by atoms with Crippen LogP contribution in [0.1, 0.15) is 26.5 Å². The number of nitrogens with zero attached hydrogens (tertiary/aromatic N) is 1. The smallest absolute Gasteiger partial charge is 0.335 e. The lowest BCUT2D eigenvalue weighted by Gasteiger charge is -2.08. The molecule has 1 aromatic carbocycles. The summed E-state index contributed by atoms with van der Waals surface area (Å²) in [7, 11) is 0. The topological polar surface area (TPSA) is 62.8 Å². The number of ketones is 2. The maximum absolute atomic E-state index is 13.3. The zero-order chi connectivity index (χ0) is 17.8. The van der Waals surface area contributed by atoms with Crippen LogP contribution in [0.4, 0.5) is 17.6 Å². The molecule has 10 heteroatoms. The van der Waals surface area contributed by atoms with Crippen molar-refractivity contribution in [2.75, 3.05) is 0 Å². The number of allylic oxidation sites excluding steroid dienone is 2. The first kappa shape index (κ1) is 16.7. The van der Waals surface area contributed by atoms with Gasteiger partial charge in [0.2, 0.25) is 11.6 Å². The minimum atomic E-state index is -4.91. The van der Waals surface area contributed by atoms with Crippen molar-refractivity contribution in [1.29, 1.82) is 0 Å². The van der Waals surface area contributed by atoms with Crippen molar-refractivity contribution in [3.8, 4) is 11.4 Å². The van der Waals surface area contributed by atoms with E-state index in [0.717, 1.165) is 6.07 Å². The number of rotatable bonds is 1. The molecule has 0 atom stereocenters. The fourth-order valence-electron chi connectivity index (χ4n) is 2.14. The molecule has 1 aliphatic rings. The van der Waals surface area contributed by atoms with Crippen molar-refractivity contribution >= 4 is 34.8 Å². The van der Waals surface area contributed by atoms with Crippen LogP contribution in [0.5, 0.6) is 0 Å². The Balaban J connectivity index is 2.14. The Morgan fingerprint density at radius 1 is 1.04 bits per heavy atom. The maximum atomic E-state index is 13.3. The highest BCUT2D eigenvalue weighted by molar-refractivity contribution is 6.59. The molecule has 0 saturated heterocycles. The van der Waals surface area contributed by atoms with Crippen LogP contribution in [0.25, 0.3) is 11.4 Å². The first-order chi connectivity index (χ1) is 11.1. The van der Waals surface area contributed by atoms with E-state index in [0.29, 0.717) is 12.1 Å². The largest absolute Gasteiger partial charge is 0.419 e. The molecule has 124 valence electrons. The summed E-state index contributed by atoms with van der Waals surface area (Å²) in [6.45, 7) is 0. The van der Waals surface area contributed by atoms with Gasteiger partial charge in [-0.1, -0.05) is 23.2 Å². The van der Waals surface area contributed by atoms with Crippen LogP contribution >= 0.6 is 23.2 Å². The summed E-state index contributed by atoms with van der Waals surface area (Å²) in [5.41, 5.74) is -2.31. The highest BCUT2D eigenvalue weighted by Gasteiger charge is 2.36. The molecule has 3 rings (SSSR count). The molecule has 0 unspecified atom stereocenters. The van der Waals surface area contributed by atoms with Gasteiger partial charge >= 0.3 is 6.18 Å². The summed E-state index contributed by atoms with van der Waals surface area (Å²) >= 11 is 11.3. The van der Waals surface area contributed by atoms with E-state index in [1.54, 1.807) is 0 Å². The van der Waals surface area contributed by atoms with Gasteiger partial charge in [0, 0.05) is 5.56 Å². The predicted molar refractivity (Wildman–Crippen MR) is 76.4 cm³/mol. The summed E-state index contributed by atoms with van der Waals surface area (Å²) in [6, 6.07) is 2.16. The van der Waals surface area contributed by atoms with E-state index in [1.807, 2.05) is 0 Å². The lowest BCUT2D eigenvalue weighted by molar-refractivity contribution is -0.139. The highest BCUT2D eigenvalue weighted by atomic mass is 35.5. The van der Waals surface area contributed by atoms with Gasteiger partial charge in [-0.3, -0.25) is 9.59 Å². The first-order valence-corrected chi connectivity index (χ1v) is 6.98. The minimum Gasteiger partial charge on any atom is -0.335 e. The van der Waals surface area contributed by atoms with E-state index in [4.69, 9.17) is 23.2 Å². The Hall–Kier alpha value is -2.19. The molecule has 1 N–H and O–H groups in total. The molecule has 0 spiro atoms. The van der Waals surface area contributed by atoms with Gasteiger partial charge < -0.3 is 4.98 Å². The second kappa shape index (κ2) is 5.42. The molecule has 1 aliphatic carbocycles. The number of halogens is 6. The molecule has 1 heterocycles. The van der Waals surface area contributed by atoms with Crippen molar-refractivity contribution in [2.45, 2.75) is 6.18 Å². The number of fused-ring (bicyclic) bond motifs is 1. The number of benzene rings is 1. The minimum absolute atomic E-state index is 0.161. The van der Waals surface area contributed by atoms with Crippen LogP contribution in [0, 0.1) is 5.82 Å². The average molecular weight is 379 g/mol. The molecule has 4 nitrogen and oxygen atoms in total. The predicted octanol–water partition coefficient (Wildman–Crippen LogP) is 4.30. The Bertz CT molecular complexity index is 890. The summed E-state index contributed by atoms with van der Waals surface area (Å²) in [4.78, 5) is 30.1. The molecule has 24 heavy (non-hydrogen) atoms. The zero-order valence-corrected chi connectivity index (χ0v) is 12.8. The number of carbonyl (C=O) groups excluding carboxylic acids is 2. The lowest BCUT2D eigenvalue weighted by Crippen LogP contribution is -2.17. The van der Waals surface area contributed by atoms with E-state index < -0.39 is 39.2 Å². The van der Waals surface area contributed by atoms with Crippen LogP contribution in [-0.4, -0.2) is 21.5 Å². The van der Waals surface area contributed by atoms with Crippen molar-refractivity contribution < 1.29 is 27.2 Å². The number of hydrogen-bond acceptors (Lipinski definition) is 3. The van der Waals surface area contributed by atoms with E-state index >= 15 is 0 Å². The quantitative estimate of drug-likeness (QED) is 0.752. The van der Waals surface area contributed by atoms with Gasteiger partial charge in [0.15, 0.2) is 0 Å². The Kier molecular flexibility index (Phi) is 3.76. The monoisotopic (exact) mass is 378 g/mol. The second-order valence-electron chi connectivity index (χ2n) is 4.79. The van der Waals surface area contributed by atoms with Crippen molar-refractivity contribution in [3.63, 3.8) is 0 Å². The SMILES string of the molecule is O=C1C(Cl)=C(Cl)C(=O)c2[nH]c(-c3ccc(F)c(C(F)(F)F)c3)nc21. The molecule has 0 radical (unpaired) electrons. The number of aromatic nitrogens is 2. The number of nitrogens with one attached hydrogen (secondary N) is 1. The average Bonchev–Trinajstić information content (AvgIpc) is 2.95. The maximum Gasteiger partial charge on any atom is 0.419 e. The molecule has 0 aliphatic heterocycles. The van der Waals surface area contributed by atoms with E-state index in [-0.39, 0.29) is 22.8 Å². The third kappa shape index (κ3) is 2.51. The normalized spacial score (nSPS) is 15.1. The Labute approximate surface area is 141 Å². The first-order valence-electron chi connectivity index (χ1n) is 6.23. The summed E-state index contributed by atoms with van der Waals surface area (Å²) < 4.78 is 51.7. The molecule has 2 aromatic rings. The van der Waals surface area contributed by atoms with Crippen LogP contribution in [-0.2, 0) is 6.18 Å². The number of H-pyrrole nitrogens is 1. The second-order valence-corrected chi connectivity index (χ2v) is 5.54. The third-order valence-corrected chi connectivity index (χ3v) is 4.10. The van der Waals surface area contributed by atoms with Crippen molar-refractivity contribution in [2.24, 2.45) is 0 Å². The molecule has 0 saturated carbocycles. The van der Waals surface area contributed by atoms with Crippen LogP contribution in [0.3, 0.4) is 0 Å². The fourth-order valence-corrected chi connectivity index (χ4v) is 2.50. The van der Waals surface area contributed by atoms with Gasteiger partial charge in [-0.2, -0.15) is 13.2 Å². The molecule has 0 amide bonds. The van der Waals surface area contributed by atoms with E-state index in [1.165, 1.54) is 0 Å². The standard InChI is InChI=1S/C14H4Cl2F4N2O2/c15-7-8(16)12(24)10-9(11(7)23)21-13(22-10)4-1-2-6(17)5(3-4)14(18,19)20/h1-3H,(H,21,22). The fraction of sp³-hybridized carbons (Fsp3) is 0.0714. The number of aromatic amines is 1. The van der Waals surface area contributed by atoms with Gasteiger partial charge in [0.25, 0.3) is 0 Å². The third-order valence-electron chi connectivity index (χ3n) is 3.28. The van der Waals surface area contributed by atoms with E-state index in [9.17, 15) is 27.2 Å². The van der Waals surface area contributed by atoms with E-state index in [2.05, 4.69) is 9.97 Å². The van der Waals surface area contributed by atoms with Crippen LogP contribution in [0.15, 0.2) is 28.3 Å². The molecular formula is C14H4Cl2F4N2O2. The molecule has 0 fully saturated rings. The van der Waals surface area contributed by atoms with Gasteiger partial charge in [-0.05, 0) is 18.2 Å². The van der Waals surface area contributed by atoms with Gasteiger partial charge in [-0.15, -0.1) is 0 Å². The summed E-state index contributed by atoms with van der Waals surface area (Å²) in [5, 5.41) is -1.04. The lowest BCUT2D eigenvalue weighted by atomic mass is 10.1. The number of alkyl halides is 3. The van der Waals surface area contributed by atoms with Gasteiger partial charge in [-0.25, -0.2) is 9.37 Å². The Morgan fingerprint density at radius 2 is 1.67 bits per heavy atom. The van der Waals surface area contributed by atoms with Crippen molar-refractivity contribution in [3.05, 3.63) is 51.0 Å².